The van der Waals surface area contributed by atoms with E-state index in [1.54, 1.807) is 19.2 Å². The molecule has 6 heteroatoms. The van der Waals surface area contributed by atoms with E-state index in [0.29, 0.717) is 23.8 Å². The number of ether oxygens (including phenoxy) is 3. The van der Waals surface area contributed by atoms with Gasteiger partial charge >= 0.3 is 6.09 Å². The fourth-order valence-electron chi connectivity index (χ4n) is 1.41. The minimum atomic E-state index is -0.504. The molecule has 0 atom stereocenters. The second-order valence-corrected chi connectivity index (χ2v) is 4.66. The highest BCUT2D eigenvalue weighted by Gasteiger charge is 2.12. The van der Waals surface area contributed by atoms with Gasteiger partial charge in [0.2, 0.25) is 0 Å². The van der Waals surface area contributed by atoms with Gasteiger partial charge in [-0.1, -0.05) is 13.3 Å². The first-order valence-electron chi connectivity index (χ1n) is 5.97. The zero-order valence-corrected chi connectivity index (χ0v) is 12.9. The summed E-state index contributed by atoms with van der Waals surface area (Å²) in [4.78, 5) is 11.6. The van der Waals surface area contributed by atoms with Gasteiger partial charge in [0.25, 0.3) is 0 Å². The number of hydrogen-bond donors (Lipinski definition) is 1. The highest BCUT2D eigenvalue weighted by Crippen LogP contribution is 2.36. The van der Waals surface area contributed by atoms with E-state index in [9.17, 15) is 4.79 Å². The average Bonchev–Trinajstić information content (AvgIpc) is 2.40. The summed E-state index contributed by atoms with van der Waals surface area (Å²) in [5.41, 5.74) is 0.504. The van der Waals surface area contributed by atoms with Crippen LogP contribution in [-0.2, 0) is 4.74 Å². The largest absolute Gasteiger partial charge is 0.495 e. The first kappa shape index (κ1) is 15.6. The minimum Gasteiger partial charge on any atom is -0.495 e. The number of anilines is 1. The molecule has 0 saturated heterocycles. The number of halogens is 1. The second kappa shape index (κ2) is 7.89. The zero-order chi connectivity index (χ0) is 14.3. The molecular weight excluding hydrogens is 314 g/mol. The van der Waals surface area contributed by atoms with Crippen molar-refractivity contribution in [3.8, 4) is 11.5 Å². The fraction of sp³-hybridized carbons (Fsp3) is 0.462. The summed E-state index contributed by atoms with van der Waals surface area (Å²) in [5, 5.41) is 2.64. The van der Waals surface area contributed by atoms with Gasteiger partial charge in [-0.25, -0.2) is 4.79 Å². The molecule has 19 heavy (non-hydrogen) atoms. The number of carbonyl (C=O) groups excluding carboxylic acids is 1. The molecule has 0 fully saturated rings. The van der Waals surface area contributed by atoms with Crippen molar-refractivity contribution in [2.75, 3.05) is 26.1 Å². The summed E-state index contributed by atoms with van der Waals surface area (Å²) >= 11 is 3.35. The lowest BCUT2D eigenvalue weighted by Gasteiger charge is -2.13. The highest BCUT2D eigenvalue weighted by atomic mass is 79.9. The van der Waals surface area contributed by atoms with E-state index in [1.807, 2.05) is 6.92 Å². The van der Waals surface area contributed by atoms with Crippen LogP contribution in [0.4, 0.5) is 10.5 Å². The van der Waals surface area contributed by atoms with Crippen LogP contribution in [0, 0.1) is 0 Å². The van der Waals surface area contributed by atoms with E-state index in [4.69, 9.17) is 14.2 Å². The molecule has 1 amide bonds. The third-order valence-corrected chi connectivity index (χ3v) is 3.06. The van der Waals surface area contributed by atoms with Crippen LogP contribution >= 0.6 is 15.9 Å². The van der Waals surface area contributed by atoms with Gasteiger partial charge in [-0.15, -0.1) is 0 Å². The summed E-state index contributed by atoms with van der Waals surface area (Å²) in [6.07, 6.45) is 1.31. The average molecular weight is 332 g/mol. The molecule has 5 nitrogen and oxygen atoms in total. The number of amides is 1. The van der Waals surface area contributed by atoms with Crippen molar-refractivity contribution in [1.29, 1.82) is 0 Å². The van der Waals surface area contributed by atoms with Crippen LogP contribution < -0.4 is 14.8 Å². The van der Waals surface area contributed by atoms with Crippen LogP contribution in [0.2, 0.25) is 0 Å². The molecule has 0 aliphatic rings. The molecule has 0 bridgehead atoms. The molecule has 0 saturated carbocycles. The molecule has 106 valence electrons. The van der Waals surface area contributed by atoms with Gasteiger partial charge in [0.15, 0.2) is 0 Å². The van der Waals surface area contributed by atoms with Gasteiger partial charge < -0.3 is 14.2 Å². The lowest BCUT2D eigenvalue weighted by molar-refractivity contribution is 0.160. The Hall–Kier alpha value is -1.43. The first-order chi connectivity index (χ1) is 9.12. The predicted octanol–water partition coefficient (Wildman–Crippen LogP) is 3.81. The van der Waals surface area contributed by atoms with Crippen LogP contribution in [0.15, 0.2) is 16.6 Å². The number of benzene rings is 1. The number of nitrogens with one attached hydrogen (secondary N) is 1. The van der Waals surface area contributed by atoms with Gasteiger partial charge in [-0.05, 0) is 22.4 Å². The number of hydrogen-bond acceptors (Lipinski definition) is 4. The van der Waals surface area contributed by atoms with E-state index in [-0.39, 0.29) is 0 Å². The van der Waals surface area contributed by atoms with Crippen molar-refractivity contribution in [3.63, 3.8) is 0 Å². The summed E-state index contributed by atoms with van der Waals surface area (Å²) in [7, 11) is 3.08. The van der Waals surface area contributed by atoms with Gasteiger partial charge in [0, 0.05) is 12.1 Å². The third-order valence-electron chi connectivity index (χ3n) is 2.44. The Balaban J connectivity index is 2.78. The third kappa shape index (κ3) is 4.63. The topological polar surface area (TPSA) is 56.8 Å². The Morgan fingerprint density at radius 1 is 1.26 bits per heavy atom. The summed E-state index contributed by atoms with van der Waals surface area (Å²) in [6, 6.07) is 3.39. The van der Waals surface area contributed by atoms with E-state index >= 15 is 0 Å². The van der Waals surface area contributed by atoms with E-state index < -0.39 is 6.09 Å². The van der Waals surface area contributed by atoms with Crippen LogP contribution in [0.25, 0.3) is 0 Å². The Labute approximate surface area is 121 Å². The van der Waals surface area contributed by atoms with E-state index in [2.05, 4.69) is 21.2 Å². The van der Waals surface area contributed by atoms with Crippen molar-refractivity contribution in [1.82, 2.24) is 0 Å². The Morgan fingerprint density at radius 3 is 2.53 bits per heavy atom. The number of carbonyl (C=O) groups is 1. The van der Waals surface area contributed by atoms with Crippen molar-refractivity contribution in [2.24, 2.45) is 0 Å². The zero-order valence-electron chi connectivity index (χ0n) is 11.3. The summed E-state index contributed by atoms with van der Waals surface area (Å²) in [6.45, 7) is 2.43. The molecular formula is C13H18BrNO4. The van der Waals surface area contributed by atoms with Crippen LogP contribution in [0.1, 0.15) is 19.8 Å². The molecule has 0 unspecified atom stereocenters. The molecule has 0 aliphatic heterocycles. The number of rotatable bonds is 6. The maximum Gasteiger partial charge on any atom is 0.411 e. The van der Waals surface area contributed by atoms with Gasteiger partial charge in [0.1, 0.15) is 11.5 Å². The normalized spacial score (nSPS) is 9.89. The lowest BCUT2D eigenvalue weighted by Crippen LogP contribution is -2.15. The maximum absolute atomic E-state index is 11.6. The Bertz CT molecular complexity index is 437. The summed E-state index contributed by atoms with van der Waals surface area (Å²) in [5.74, 6) is 1.13. The molecule has 1 aromatic rings. The molecule has 0 heterocycles. The van der Waals surface area contributed by atoms with Crippen molar-refractivity contribution >= 4 is 27.7 Å². The van der Waals surface area contributed by atoms with Crippen molar-refractivity contribution < 1.29 is 19.0 Å². The SMILES string of the molecule is CCCCOC(=O)Nc1cc(OC)c(Br)cc1OC. The van der Waals surface area contributed by atoms with Crippen LogP contribution in [0.5, 0.6) is 11.5 Å². The number of unbranched alkanes of at least 4 members (excludes halogenated alkanes) is 1. The molecule has 0 radical (unpaired) electrons. The van der Waals surface area contributed by atoms with E-state index in [0.717, 1.165) is 17.3 Å². The van der Waals surface area contributed by atoms with Crippen molar-refractivity contribution in [2.45, 2.75) is 19.8 Å². The van der Waals surface area contributed by atoms with Gasteiger partial charge in [-0.3, -0.25) is 5.32 Å². The Morgan fingerprint density at radius 2 is 1.95 bits per heavy atom. The smallest absolute Gasteiger partial charge is 0.411 e. The predicted molar refractivity (Wildman–Crippen MR) is 77.1 cm³/mol. The molecule has 0 spiro atoms. The molecule has 0 aromatic heterocycles. The first-order valence-corrected chi connectivity index (χ1v) is 6.77. The lowest BCUT2D eigenvalue weighted by atomic mass is 10.2. The maximum atomic E-state index is 11.6. The van der Waals surface area contributed by atoms with Crippen molar-refractivity contribution in [3.05, 3.63) is 16.6 Å². The molecule has 1 N–H and O–H groups in total. The highest BCUT2D eigenvalue weighted by molar-refractivity contribution is 9.10. The quantitative estimate of drug-likeness (QED) is 0.805. The Kier molecular flexibility index (Phi) is 6.49. The second-order valence-electron chi connectivity index (χ2n) is 3.80. The monoisotopic (exact) mass is 331 g/mol. The van der Waals surface area contributed by atoms with Crippen LogP contribution in [-0.4, -0.2) is 26.9 Å². The summed E-state index contributed by atoms with van der Waals surface area (Å²) < 4.78 is 16.1. The van der Waals surface area contributed by atoms with E-state index in [1.165, 1.54) is 7.11 Å². The minimum absolute atomic E-state index is 0.401. The molecule has 1 rings (SSSR count). The molecule has 1 aromatic carbocycles. The number of methoxy groups -OCH3 is 2. The fourth-order valence-corrected chi connectivity index (χ4v) is 1.90. The van der Waals surface area contributed by atoms with Gasteiger partial charge in [-0.2, -0.15) is 0 Å². The van der Waals surface area contributed by atoms with Gasteiger partial charge in [0.05, 0.1) is 31.0 Å². The molecule has 0 aliphatic carbocycles. The van der Waals surface area contributed by atoms with Crippen LogP contribution in [0.3, 0.4) is 0 Å². The standard InChI is InChI=1S/C13H18BrNO4/c1-4-5-6-19-13(16)15-10-8-11(17-2)9(14)7-12(10)18-3/h7-8H,4-6H2,1-3H3,(H,15,16).